The van der Waals surface area contributed by atoms with Crippen LogP contribution in [0, 0.1) is 0 Å². The maximum Gasteiger partial charge on any atom is 0.191 e. The van der Waals surface area contributed by atoms with E-state index in [4.69, 9.17) is 9.47 Å². The molecule has 0 aromatic rings. The van der Waals surface area contributed by atoms with E-state index in [1.807, 2.05) is 0 Å². The van der Waals surface area contributed by atoms with Crippen LogP contribution in [0.4, 0.5) is 0 Å². The molecule has 0 spiro atoms. The summed E-state index contributed by atoms with van der Waals surface area (Å²) in [5, 5.41) is 6.64. The van der Waals surface area contributed by atoms with E-state index in [0.717, 1.165) is 58.0 Å². The lowest BCUT2D eigenvalue weighted by Crippen LogP contribution is -2.42. The maximum atomic E-state index is 5.82. The normalized spacial score (nSPS) is 19.2. The Kier molecular flexibility index (Phi) is 8.58. The van der Waals surface area contributed by atoms with Crippen molar-refractivity contribution in [2.45, 2.75) is 51.7 Å². The smallest absolute Gasteiger partial charge is 0.191 e. The van der Waals surface area contributed by atoms with Gasteiger partial charge in [0.15, 0.2) is 5.96 Å². The third kappa shape index (κ3) is 7.38. The van der Waals surface area contributed by atoms with E-state index in [1.165, 1.54) is 0 Å². The zero-order valence-corrected chi connectivity index (χ0v) is 12.6. The van der Waals surface area contributed by atoms with Crippen molar-refractivity contribution in [3.05, 3.63) is 0 Å². The Balaban J connectivity index is 2.02. The standard InChI is InChI=1S/C14H29N3O2/c1-4-12(2)17-14(15-3)16-8-5-9-19-13-6-10-18-11-7-13/h12-13H,4-11H2,1-3H3,(H2,15,16,17). The van der Waals surface area contributed by atoms with E-state index in [9.17, 15) is 0 Å². The van der Waals surface area contributed by atoms with Gasteiger partial charge in [0, 0.05) is 39.5 Å². The first-order valence-electron chi connectivity index (χ1n) is 7.42. The quantitative estimate of drug-likeness (QED) is 0.419. The minimum absolute atomic E-state index is 0.395. The molecule has 0 radical (unpaired) electrons. The monoisotopic (exact) mass is 271 g/mol. The average Bonchev–Trinajstić information content (AvgIpc) is 2.46. The largest absolute Gasteiger partial charge is 0.381 e. The SMILES string of the molecule is CCC(C)NC(=NC)NCCCOC1CCOCC1. The molecule has 5 nitrogen and oxygen atoms in total. The van der Waals surface area contributed by atoms with Gasteiger partial charge < -0.3 is 20.1 Å². The lowest BCUT2D eigenvalue weighted by atomic mass is 10.1. The number of hydrogen-bond donors (Lipinski definition) is 2. The second-order valence-electron chi connectivity index (χ2n) is 4.99. The van der Waals surface area contributed by atoms with Gasteiger partial charge in [-0.3, -0.25) is 4.99 Å². The Hall–Kier alpha value is -0.810. The highest BCUT2D eigenvalue weighted by molar-refractivity contribution is 5.79. The van der Waals surface area contributed by atoms with Crippen molar-refractivity contribution in [1.29, 1.82) is 0 Å². The first-order chi connectivity index (χ1) is 9.26. The summed E-state index contributed by atoms with van der Waals surface area (Å²) < 4.78 is 11.1. The second-order valence-corrected chi connectivity index (χ2v) is 4.99. The average molecular weight is 271 g/mol. The molecule has 19 heavy (non-hydrogen) atoms. The van der Waals surface area contributed by atoms with Crippen LogP contribution >= 0.6 is 0 Å². The number of guanidine groups is 1. The van der Waals surface area contributed by atoms with Crippen molar-refractivity contribution in [2.24, 2.45) is 4.99 Å². The minimum atomic E-state index is 0.395. The molecule has 0 aromatic heterocycles. The number of aliphatic imine (C=N–C) groups is 1. The molecule has 112 valence electrons. The maximum absolute atomic E-state index is 5.82. The molecule has 1 unspecified atom stereocenters. The fourth-order valence-electron chi connectivity index (χ4n) is 1.90. The van der Waals surface area contributed by atoms with E-state index in [1.54, 1.807) is 7.05 Å². The van der Waals surface area contributed by atoms with Gasteiger partial charge in [0.2, 0.25) is 0 Å². The molecule has 1 saturated heterocycles. The van der Waals surface area contributed by atoms with Crippen LogP contribution in [-0.4, -0.2) is 51.5 Å². The summed E-state index contributed by atoms with van der Waals surface area (Å²) in [6.07, 6.45) is 4.55. The number of nitrogens with one attached hydrogen (secondary N) is 2. The highest BCUT2D eigenvalue weighted by Crippen LogP contribution is 2.10. The van der Waals surface area contributed by atoms with Crippen LogP contribution in [0.3, 0.4) is 0 Å². The zero-order chi connectivity index (χ0) is 13.9. The number of hydrogen-bond acceptors (Lipinski definition) is 3. The summed E-state index contributed by atoms with van der Waals surface area (Å²) in [5.74, 6) is 0.875. The molecule has 0 aliphatic carbocycles. The Morgan fingerprint density at radius 3 is 2.79 bits per heavy atom. The van der Waals surface area contributed by atoms with Crippen molar-refractivity contribution in [1.82, 2.24) is 10.6 Å². The molecule has 1 heterocycles. The molecule has 2 N–H and O–H groups in total. The van der Waals surface area contributed by atoms with Gasteiger partial charge >= 0.3 is 0 Å². The van der Waals surface area contributed by atoms with Crippen LogP contribution in [0.25, 0.3) is 0 Å². The lowest BCUT2D eigenvalue weighted by molar-refractivity contribution is -0.0320. The van der Waals surface area contributed by atoms with Crippen molar-refractivity contribution >= 4 is 5.96 Å². The third-order valence-corrected chi connectivity index (χ3v) is 3.35. The van der Waals surface area contributed by atoms with Crippen LogP contribution < -0.4 is 10.6 Å². The topological polar surface area (TPSA) is 54.9 Å². The summed E-state index contributed by atoms with van der Waals surface area (Å²) in [4.78, 5) is 4.20. The first kappa shape index (κ1) is 16.2. The highest BCUT2D eigenvalue weighted by Gasteiger charge is 2.13. The molecule has 0 amide bonds. The molecule has 0 aromatic carbocycles. The summed E-state index contributed by atoms with van der Waals surface area (Å²) in [6.45, 7) is 7.69. The van der Waals surface area contributed by atoms with Gasteiger partial charge in [-0.25, -0.2) is 0 Å². The van der Waals surface area contributed by atoms with E-state index in [0.29, 0.717) is 12.1 Å². The molecular weight excluding hydrogens is 242 g/mol. The molecule has 1 fully saturated rings. The molecule has 5 heteroatoms. The van der Waals surface area contributed by atoms with E-state index >= 15 is 0 Å². The van der Waals surface area contributed by atoms with Crippen LogP contribution in [0.5, 0.6) is 0 Å². The van der Waals surface area contributed by atoms with Gasteiger partial charge in [-0.2, -0.15) is 0 Å². The summed E-state index contributed by atoms with van der Waals surface area (Å²) >= 11 is 0. The van der Waals surface area contributed by atoms with Crippen LogP contribution in [0.1, 0.15) is 39.5 Å². The zero-order valence-electron chi connectivity index (χ0n) is 12.6. The second kappa shape index (κ2) is 10.0. The van der Waals surface area contributed by atoms with Gasteiger partial charge in [0.25, 0.3) is 0 Å². The predicted octanol–water partition coefficient (Wildman–Crippen LogP) is 1.54. The van der Waals surface area contributed by atoms with Gasteiger partial charge in [-0.15, -0.1) is 0 Å². The van der Waals surface area contributed by atoms with Crippen molar-refractivity contribution < 1.29 is 9.47 Å². The lowest BCUT2D eigenvalue weighted by Gasteiger charge is -2.22. The fraction of sp³-hybridized carbons (Fsp3) is 0.929. The Labute approximate surface area is 117 Å². The fourth-order valence-corrected chi connectivity index (χ4v) is 1.90. The molecular formula is C14H29N3O2. The summed E-state index contributed by atoms with van der Waals surface area (Å²) in [6, 6.07) is 0.449. The van der Waals surface area contributed by atoms with E-state index in [-0.39, 0.29) is 0 Å². The molecule has 0 saturated carbocycles. The van der Waals surface area contributed by atoms with Gasteiger partial charge in [0.1, 0.15) is 0 Å². The first-order valence-corrected chi connectivity index (χ1v) is 7.42. The summed E-state index contributed by atoms with van der Waals surface area (Å²) in [5.41, 5.74) is 0. The molecule has 1 aliphatic heterocycles. The number of nitrogens with zero attached hydrogens (tertiary/aromatic N) is 1. The van der Waals surface area contributed by atoms with Gasteiger partial charge in [-0.1, -0.05) is 6.92 Å². The molecule has 0 bridgehead atoms. The Morgan fingerprint density at radius 1 is 1.42 bits per heavy atom. The van der Waals surface area contributed by atoms with Crippen molar-refractivity contribution in [3.8, 4) is 0 Å². The van der Waals surface area contributed by atoms with Crippen LogP contribution in [0.15, 0.2) is 4.99 Å². The van der Waals surface area contributed by atoms with Crippen LogP contribution in [0.2, 0.25) is 0 Å². The van der Waals surface area contributed by atoms with Gasteiger partial charge in [0.05, 0.1) is 6.10 Å². The van der Waals surface area contributed by atoms with Gasteiger partial charge in [-0.05, 0) is 32.6 Å². The minimum Gasteiger partial charge on any atom is -0.381 e. The van der Waals surface area contributed by atoms with Crippen LogP contribution in [-0.2, 0) is 9.47 Å². The number of ether oxygens (including phenoxy) is 2. The van der Waals surface area contributed by atoms with E-state index in [2.05, 4.69) is 29.5 Å². The predicted molar refractivity (Wildman–Crippen MR) is 78.7 cm³/mol. The highest BCUT2D eigenvalue weighted by atomic mass is 16.5. The van der Waals surface area contributed by atoms with Crippen molar-refractivity contribution in [3.63, 3.8) is 0 Å². The molecule has 1 atom stereocenters. The van der Waals surface area contributed by atoms with Crippen molar-refractivity contribution in [2.75, 3.05) is 33.4 Å². The van der Waals surface area contributed by atoms with E-state index < -0.39 is 0 Å². The number of rotatable bonds is 7. The molecule has 1 aliphatic rings. The molecule has 1 rings (SSSR count). The summed E-state index contributed by atoms with van der Waals surface area (Å²) in [7, 11) is 1.80. The third-order valence-electron chi connectivity index (χ3n) is 3.35. The Morgan fingerprint density at radius 2 is 2.16 bits per heavy atom. The Bertz CT molecular complexity index is 253.